The van der Waals surface area contributed by atoms with E-state index < -0.39 is 15.4 Å². The van der Waals surface area contributed by atoms with Gasteiger partial charge in [0.25, 0.3) is 0 Å². The minimum absolute atomic E-state index is 0.153. The highest BCUT2D eigenvalue weighted by molar-refractivity contribution is 7.91. The molecular formula is C10H23NO3S. The zero-order valence-electron chi connectivity index (χ0n) is 9.91. The molecule has 2 N–H and O–H groups in total. The number of sulfone groups is 1. The summed E-state index contributed by atoms with van der Waals surface area (Å²) in [5.74, 6) is 0.402. The van der Waals surface area contributed by atoms with Crippen molar-refractivity contribution < 1.29 is 13.5 Å². The molecule has 0 aromatic heterocycles. The molecule has 0 aromatic carbocycles. The van der Waals surface area contributed by atoms with Crippen LogP contribution in [0.25, 0.3) is 0 Å². The van der Waals surface area contributed by atoms with Gasteiger partial charge in [-0.15, -0.1) is 0 Å². The van der Waals surface area contributed by atoms with Crippen LogP contribution in [0, 0.1) is 0 Å². The van der Waals surface area contributed by atoms with Crippen LogP contribution in [0.15, 0.2) is 0 Å². The SMILES string of the molecule is CCCS(=O)(=O)CCNCC(C)(O)CC. The lowest BCUT2D eigenvalue weighted by Crippen LogP contribution is -2.39. The number of nitrogens with one attached hydrogen (secondary N) is 1. The van der Waals surface area contributed by atoms with Crippen molar-refractivity contribution in [3.63, 3.8) is 0 Å². The first-order valence-corrected chi connectivity index (χ1v) is 7.28. The summed E-state index contributed by atoms with van der Waals surface area (Å²) in [6.45, 7) is 6.34. The van der Waals surface area contributed by atoms with Crippen molar-refractivity contribution in [1.82, 2.24) is 5.32 Å². The Morgan fingerprint density at radius 3 is 2.33 bits per heavy atom. The zero-order chi connectivity index (χ0) is 11.9. The lowest BCUT2D eigenvalue weighted by molar-refractivity contribution is 0.0565. The Kier molecular flexibility index (Phi) is 6.40. The van der Waals surface area contributed by atoms with Gasteiger partial charge in [-0.3, -0.25) is 0 Å². The second-order valence-electron chi connectivity index (χ2n) is 4.18. The molecule has 0 heterocycles. The smallest absolute Gasteiger partial charge is 0.151 e. The number of rotatable bonds is 8. The van der Waals surface area contributed by atoms with E-state index in [4.69, 9.17) is 0 Å². The molecule has 92 valence electrons. The van der Waals surface area contributed by atoms with E-state index in [1.54, 1.807) is 6.92 Å². The van der Waals surface area contributed by atoms with Crippen molar-refractivity contribution in [2.45, 2.75) is 39.2 Å². The van der Waals surface area contributed by atoms with Gasteiger partial charge >= 0.3 is 0 Å². The molecule has 0 amide bonds. The highest BCUT2D eigenvalue weighted by Crippen LogP contribution is 2.05. The first kappa shape index (κ1) is 14.9. The van der Waals surface area contributed by atoms with Gasteiger partial charge < -0.3 is 10.4 Å². The summed E-state index contributed by atoms with van der Waals surface area (Å²) in [4.78, 5) is 0. The van der Waals surface area contributed by atoms with E-state index in [9.17, 15) is 13.5 Å². The molecule has 0 saturated carbocycles. The molecule has 0 aliphatic carbocycles. The van der Waals surface area contributed by atoms with Crippen molar-refractivity contribution in [2.75, 3.05) is 24.6 Å². The van der Waals surface area contributed by atoms with Gasteiger partial charge in [0, 0.05) is 18.8 Å². The first-order valence-electron chi connectivity index (χ1n) is 5.46. The predicted molar refractivity (Wildman–Crippen MR) is 62.7 cm³/mol. The number of aliphatic hydroxyl groups is 1. The third-order valence-electron chi connectivity index (χ3n) is 2.37. The molecule has 0 fully saturated rings. The average molecular weight is 237 g/mol. The average Bonchev–Trinajstić information content (AvgIpc) is 2.13. The fourth-order valence-electron chi connectivity index (χ4n) is 1.12. The summed E-state index contributed by atoms with van der Waals surface area (Å²) >= 11 is 0. The molecule has 0 aliphatic heterocycles. The summed E-state index contributed by atoms with van der Waals surface area (Å²) in [5, 5.41) is 12.6. The van der Waals surface area contributed by atoms with Crippen LogP contribution in [0.3, 0.4) is 0 Å². The summed E-state index contributed by atoms with van der Waals surface area (Å²) in [7, 11) is -2.90. The fraction of sp³-hybridized carbons (Fsp3) is 1.00. The van der Waals surface area contributed by atoms with Crippen molar-refractivity contribution in [3.8, 4) is 0 Å². The minimum Gasteiger partial charge on any atom is -0.389 e. The van der Waals surface area contributed by atoms with Crippen molar-refractivity contribution in [2.24, 2.45) is 0 Å². The van der Waals surface area contributed by atoms with Crippen molar-refractivity contribution in [1.29, 1.82) is 0 Å². The molecule has 5 heteroatoms. The number of hydrogen-bond acceptors (Lipinski definition) is 4. The molecule has 15 heavy (non-hydrogen) atoms. The third-order valence-corrected chi connectivity index (χ3v) is 4.23. The molecule has 4 nitrogen and oxygen atoms in total. The van der Waals surface area contributed by atoms with Crippen LogP contribution in [0.4, 0.5) is 0 Å². The van der Waals surface area contributed by atoms with Crippen LogP contribution in [-0.4, -0.2) is 43.7 Å². The lowest BCUT2D eigenvalue weighted by Gasteiger charge is -2.21. The van der Waals surface area contributed by atoms with Gasteiger partial charge in [0.1, 0.15) is 0 Å². The largest absolute Gasteiger partial charge is 0.389 e. The van der Waals surface area contributed by atoms with Crippen LogP contribution < -0.4 is 5.32 Å². The summed E-state index contributed by atoms with van der Waals surface area (Å²) in [6, 6.07) is 0. The molecule has 1 atom stereocenters. The Labute approximate surface area is 93.0 Å². The van der Waals surface area contributed by atoms with Gasteiger partial charge in [-0.2, -0.15) is 0 Å². The highest BCUT2D eigenvalue weighted by atomic mass is 32.2. The van der Waals surface area contributed by atoms with Gasteiger partial charge in [0.2, 0.25) is 0 Å². The Balaban J connectivity index is 3.72. The Morgan fingerprint density at radius 2 is 1.87 bits per heavy atom. The Morgan fingerprint density at radius 1 is 1.27 bits per heavy atom. The normalized spacial score (nSPS) is 16.3. The van der Waals surface area contributed by atoms with E-state index in [-0.39, 0.29) is 11.5 Å². The summed E-state index contributed by atoms with van der Waals surface area (Å²) < 4.78 is 22.6. The van der Waals surface area contributed by atoms with E-state index in [0.717, 1.165) is 0 Å². The van der Waals surface area contributed by atoms with E-state index in [1.807, 2.05) is 13.8 Å². The van der Waals surface area contributed by atoms with E-state index >= 15 is 0 Å². The van der Waals surface area contributed by atoms with Crippen molar-refractivity contribution in [3.05, 3.63) is 0 Å². The van der Waals surface area contributed by atoms with Crippen LogP contribution in [0.2, 0.25) is 0 Å². The van der Waals surface area contributed by atoms with E-state index in [2.05, 4.69) is 5.32 Å². The third kappa shape index (κ3) is 7.76. The molecule has 0 saturated heterocycles. The molecule has 0 bridgehead atoms. The number of hydrogen-bond donors (Lipinski definition) is 2. The minimum atomic E-state index is -2.90. The molecular weight excluding hydrogens is 214 g/mol. The van der Waals surface area contributed by atoms with Gasteiger partial charge in [0.15, 0.2) is 9.84 Å². The quantitative estimate of drug-likeness (QED) is 0.605. The molecule has 0 radical (unpaired) electrons. The van der Waals surface area contributed by atoms with Crippen LogP contribution in [0.5, 0.6) is 0 Å². The maximum atomic E-state index is 11.3. The van der Waals surface area contributed by atoms with Crippen molar-refractivity contribution >= 4 is 9.84 Å². The standard InChI is InChI=1S/C10H23NO3S/c1-4-7-15(13,14)8-6-11-9-10(3,12)5-2/h11-12H,4-9H2,1-3H3. The van der Waals surface area contributed by atoms with Crippen LogP contribution in [0.1, 0.15) is 33.6 Å². The Bertz CT molecular complexity index is 260. The topological polar surface area (TPSA) is 66.4 Å². The predicted octanol–water partition coefficient (Wildman–Crippen LogP) is 0.562. The molecule has 0 aliphatic rings. The fourth-order valence-corrected chi connectivity index (χ4v) is 2.40. The molecule has 0 rings (SSSR count). The molecule has 1 unspecified atom stereocenters. The van der Waals surface area contributed by atoms with E-state index in [1.165, 1.54) is 0 Å². The Hall–Kier alpha value is -0.130. The lowest BCUT2D eigenvalue weighted by atomic mass is 10.0. The first-order chi connectivity index (χ1) is 6.83. The highest BCUT2D eigenvalue weighted by Gasteiger charge is 2.17. The monoisotopic (exact) mass is 237 g/mol. The van der Waals surface area contributed by atoms with Gasteiger partial charge in [0.05, 0.1) is 11.4 Å². The summed E-state index contributed by atoms with van der Waals surface area (Å²) in [6.07, 6.45) is 1.32. The second-order valence-corrected chi connectivity index (χ2v) is 6.48. The second kappa shape index (κ2) is 6.45. The van der Waals surface area contributed by atoms with E-state index in [0.29, 0.717) is 25.9 Å². The maximum Gasteiger partial charge on any atom is 0.151 e. The van der Waals surface area contributed by atoms with Crippen LogP contribution >= 0.6 is 0 Å². The van der Waals surface area contributed by atoms with Gasteiger partial charge in [-0.1, -0.05) is 13.8 Å². The molecule has 0 spiro atoms. The van der Waals surface area contributed by atoms with Crippen LogP contribution in [-0.2, 0) is 9.84 Å². The summed E-state index contributed by atoms with van der Waals surface area (Å²) in [5.41, 5.74) is -0.742. The zero-order valence-corrected chi connectivity index (χ0v) is 10.7. The maximum absolute atomic E-state index is 11.3. The van der Waals surface area contributed by atoms with Gasteiger partial charge in [-0.25, -0.2) is 8.42 Å². The van der Waals surface area contributed by atoms with Gasteiger partial charge in [-0.05, 0) is 19.8 Å². The molecule has 0 aromatic rings.